The van der Waals surface area contributed by atoms with Crippen LogP contribution in [0.15, 0.2) is 36.4 Å². The fourth-order valence-corrected chi connectivity index (χ4v) is 4.31. The van der Waals surface area contributed by atoms with Crippen LogP contribution in [0.1, 0.15) is 131 Å². The zero-order chi connectivity index (χ0) is 24.5. The van der Waals surface area contributed by atoms with E-state index < -0.39 is 0 Å². The highest BCUT2D eigenvalue weighted by molar-refractivity contribution is 5.74. The summed E-state index contributed by atoms with van der Waals surface area (Å²) in [5, 5.41) is 0. The van der Waals surface area contributed by atoms with Crippen molar-refractivity contribution in [3.63, 3.8) is 0 Å². The lowest BCUT2D eigenvalue weighted by Gasteiger charge is -2.34. The molecule has 0 aliphatic rings. The summed E-state index contributed by atoms with van der Waals surface area (Å²) in [6, 6.07) is 14.7. The van der Waals surface area contributed by atoms with Gasteiger partial charge in [-0.3, -0.25) is 0 Å². The fraction of sp³-hybridized carbons (Fsp3) is 0.625. The van der Waals surface area contributed by atoms with Crippen molar-refractivity contribution in [2.75, 3.05) is 0 Å². The van der Waals surface area contributed by atoms with Crippen molar-refractivity contribution in [1.29, 1.82) is 0 Å². The molecule has 0 unspecified atom stereocenters. The zero-order valence-electron chi connectivity index (χ0n) is 23.3. The molecule has 0 heterocycles. The molecular formula is C32H50. The van der Waals surface area contributed by atoms with Crippen molar-refractivity contribution in [2.24, 2.45) is 0 Å². The lowest BCUT2D eigenvalue weighted by molar-refractivity contribution is 0.485. The third kappa shape index (κ3) is 5.16. The van der Waals surface area contributed by atoms with E-state index in [1.165, 1.54) is 33.4 Å². The summed E-state index contributed by atoms with van der Waals surface area (Å²) < 4.78 is 0. The standard InChI is InChI=1S/C32H50/c1-13-29(5,6)23-17-19-25(27(21-23)31(9,10)15-3)26-20-18-24(30(7,8)14-2)22-28(26)32(11,12)16-4/h17-22H,13-16H2,1-12H3. The summed E-state index contributed by atoms with van der Waals surface area (Å²) in [6.07, 6.45) is 4.55. The highest BCUT2D eigenvalue weighted by atomic mass is 14.3. The van der Waals surface area contributed by atoms with Crippen molar-refractivity contribution < 1.29 is 0 Å². The Hall–Kier alpha value is -1.56. The van der Waals surface area contributed by atoms with Crippen LogP contribution in [0.4, 0.5) is 0 Å². The molecule has 0 aliphatic heterocycles. The van der Waals surface area contributed by atoms with Gasteiger partial charge in [0.05, 0.1) is 0 Å². The Morgan fingerprint density at radius 1 is 0.438 bits per heavy atom. The summed E-state index contributed by atoms with van der Waals surface area (Å²) >= 11 is 0. The summed E-state index contributed by atoms with van der Waals surface area (Å²) in [4.78, 5) is 0. The van der Waals surface area contributed by atoms with Gasteiger partial charge in [-0.25, -0.2) is 0 Å². The second-order valence-electron chi connectivity index (χ2n) is 12.5. The number of hydrogen-bond acceptors (Lipinski definition) is 0. The summed E-state index contributed by atoms with van der Waals surface area (Å²) in [7, 11) is 0. The minimum atomic E-state index is 0.129. The molecule has 178 valence electrons. The highest BCUT2D eigenvalue weighted by Crippen LogP contribution is 2.44. The van der Waals surface area contributed by atoms with E-state index in [0.717, 1.165) is 25.7 Å². The van der Waals surface area contributed by atoms with Gasteiger partial charge < -0.3 is 0 Å². The predicted molar refractivity (Wildman–Crippen MR) is 145 cm³/mol. The Kier molecular flexibility index (Phi) is 7.81. The third-order valence-electron chi connectivity index (χ3n) is 8.89. The Labute approximate surface area is 200 Å². The Balaban J connectivity index is 2.89. The van der Waals surface area contributed by atoms with E-state index in [0.29, 0.717) is 0 Å². The van der Waals surface area contributed by atoms with Crippen LogP contribution in [0.3, 0.4) is 0 Å². The predicted octanol–water partition coefficient (Wildman–Crippen LogP) is 10.1. The molecule has 0 amide bonds. The number of benzene rings is 2. The molecule has 0 aromatic heterocycles. The highest BCUT2D eigenvalue weighted by Gasteiger charge is 2.30. The molecule has 0 saturated heterocycles. The molecular weight excluding hydrogens is 384 g/mol. The van der Waals surface area contributed by atoms with Crippen LogP contribution in [-0.2, 0) is 21.7 Å². The number of rotatable bonds is 9. The van der Waals surface area contributed by atoms with Gasteiger partial charge in [0.2, 0.25) is 0 Å². The van der Waals surface area contributed by atoms with Crippen LogP contribution >= 0.6 is 0 Å². The zero-order valence-corrected chi connectivity index (χ0v) is 23.3. The molecule has 0 bridgehead atoms. The molecule has 2 rings (SSSR count). The van der Waals surface area contributed by atoms with Gasteiger partial charge in [-0.05, 0) is 80.7 Å². The Bertz CT molecular complexity index is 844. The normalized spacial score (nSPS) is 13.5. The second kappa shape index (κ2) is 9.36. The van der Waals surface area contributed by atoms with Gasteiger partial charge in [-0.2, -0.15) is 0 Å². The van der Waals surface area contributed by atoms with E-state index in [-0.39, 0.29) is 21.7 Å². The topological polar surface area (TPSA) is 0 Å². The lowest BCUT2D eigenvalue weighted by atomic mass is 9.70. The quantitative estimate of drug-likeness (QED) is 0.368. The van der Waals surface area contributed by atoms with E-state index in [1.807, 2.05) is 0 Å². The third-order valence-corrected chi connectivity index (χ3v) is 8.89. The van der Waals surface area contributed by atoms with Gasteiger partial charge in [0.25, 0.3) is 0 Å². The molecule has 0 radical (unpaired) electrons. The molecule has 0 heteroatoms. The van der Waals surface area contributed by atoms with Crippen LogP contribution in [0.5, 0.6) is 0 Å². The van der Waals surface area contributed by atoms with Crippen molar-refractivity contribution in [3.8, 4) is 11.1 Å². The van der Waals surface area contributed by atoms with Gasteiger partial charge in [-0.1, -0.05) is 119 Å². The molecule has 2 aromatic carbocycles. The van der Waals surface area contributed by atoms with Crippen molar-refractivity contribution in [1.82, 2.24) is 0 Å². The Morgan fingerprint density at radius 3 is 0.969 bits per heavy atom. The first-order valence-electron chi connectivity index (χ1n) is 13.0. The first-order chi connectivity index (χ1) is 14.7. The maximum atomic E-state index is 2.52. The molecule has 0 atom stereocenters. The van der Waals surface area contributed by atoms with Crippen molar-refractivity contribution >= 4 is 0 Å². The van der Waals surface area contributed by atoms with E-state index >= 15 is 0 Å². The molecule has 0 spiro atoms. The summed E-state index contributed by atoms with van der Waals surface area (Å²) in [6.45, 7) is 28.4. The van der Waals surface area contributed by atoms with Crippen LogP contribution in [0, 0.1) is 0 Å². The van der Waals surface area contributed by atoms with E-state index in [9.17, 15) is 0 Å². The smallest absolute Gasteiger partial charge is 0.00999 e. The van der Waals surface area contributed by atoms with Gasteiger partial charge >= 0.3 is 0 Å². The average Bonchev–Trinajstić information content (AvgIpc) is 2.78. The van der Waals surface area contributed by atoms with Gasteiger partial charge in [0, 0.05) is 0 Å². The first kappa shape index (κ1) is 26.7. The molecule has 0 N–H and O–H groups in total. The number of hydrogen-bond donors (Lipinski definition) is 0. The average molecular weight is 435 g/mol. The minimum absolute atomic E-state index is 0.129. The van der Waals surface area contributed by atoms with Crippen LogP contribution < -0.4 is 0 Å². The molecule has 32 heavy (non-hydrogen) atoms. The van der Waals surface area contributed by atoms with Crippen LogP contribution in [0.2, 0.25) is 0 Å². The minimum Gasteiger partial charge on any atom is -0.0646 e. The Morgan fingerprint density at radius 2 is 0.719 bits per heavy atom. The lowest BCUT2D eigenvalue weighted by Crippen LogP contribution is -2.23. The van der Waals surface area contributed by atoms with E-state index in [4.69, 9.17) is 0 Å². The summed E-state index contributed by atoms with van der Waals surface area (Å²) in [5.74, 6) is 0. The van der Waals surface area contributed by atoms with Crippen molar-refractivity contribution in [2.45, 2.75) is 130 Å². The first-order valence-corrected chi connectivity index (χ1v) is 13.0. The molecule has 2 aromatic rings. The largest absolute Gasteiger partial charge is 0.0646 e. The van der Waals surface area contributed by atoms with Crippen molar-refractivity contribution in [3.05, 3.63) is 58.7 Å². The van der Waals surface area contributed by atoms with Gasteiger partial charge in [-0.15, -0.1) is 0 Å². The van der Waals surface area contributed by atoms with E-state index in [1.54, 1.807) is 0 Å². The molecule has 0 fully saturated rings. The van der Waals surface area contributed by atoms with Crippen LogP contribution in [-0.4, -0.2) is 0 Å². The second-order valence-corrected chi connectivity index (χ2v) is 12.5. The maximum Gasteiger partial charge on any atom is -0.00999 e. The molecule has 0 aliphatic carbocycles. The monoisotopic (exact) mass is 434 g/mol. The molecule has 0 saturated carbocycles. The molecule has 0 nitrogen and oxygen atoms in total. The van der Waals surface area contributed by atoms with Gasteiger partial charge in [0.15, 0.2) is 0 Å². The SMILES string of the molecule is CCC(C)(C)c1ccc(-c2ccc(C(C)(C)CC)cc2C(C)(C)CC)c(C(C)(C)CC)c1. The maximum absolute atomic E-state index is 2.52. The fourth-order valence-electron chi connectivity index (χ4n) is 4.31. The van der Waals surface area contributed by atoms with Gasteiger partial charge in [0.1, 0.15) is 0 Å². The summed E-state index contributed by atoms with van der Waals surface area (Å²) in [5.41, 5.74) is 9.39. The van der Waals surface area contributed by atoms with Crippen LogP contribution in [0.25, 0.3) is 11.1 Å². The van der Waals surface area contributed by atoms with E-state index in [2.05, 4.69) is 119 Å².